The van der Waals surface area contributed by atoms with E-state index in [1.165, 1.54) is 55.2 Å². The molecule has 1 heteroatoms. The van der Waals surface area contributed by atoms with Crippen LogP contribution in [-0.2, 0) is 6.42 Å². The Morgan fingerprint density at radius 3 is 1.81 bits per heavy atom. The fourth-order valence-electron chi connectivity index (χ4n) is 2.64. The van der Waals surface area contributed by atoms with Crippen molar-refractivity contribution in [3.8, 4) is 11.1 Å². The largest absolute Gasteiger partial charge is 0.396 e. The van der Waals surface area contributed by atoms with E-state index in [0.29, 0.717) is 6.61 Å². The highest BCUT2D eigenvalue weighted by molar-refractivity contribution is 5.63. The predicted molar refractivity (Wildman–Crippen MR) is 90.4 cm³/mol. The molecule has 112 valence electrons. The fourth-order valence-corrected chi connectivity index (χ4v) is 2.64. The first kappa shape index (κ1) is 15.8. The van der Waals surface area contributed by atoms with Gasteiger partial charge in [0.1, 0.15) is 0 Å². The average Bonchev–Trinajstić information content (AvgIpc) is 2.55. The lowest BCUT2D eigenvalue weighted by Gasteiger charge is -2.05. The molecule has 1 N–H and O–H groups in total. The second-order valence-corrected chi connectivity index (χ2v) is 5.66. The first-order valence-corrected chi connectivity index (χ1v) is 8.15. The standard InChI is InChI=1S/C20H26O/c21-17-9-4-2-1-3-6-10-18-13-15-20(16-14-18)19-11-7-5-8-12-19/h5,7-8,11-16,21H,1-4,6,9-10,17H2. The molecule has 0 radical (unpaired) electrons. The molecule has 1 nitrogen and oxygen atoms in total. The summed E-state index contributed by atoms with van der Waals surface area (Å²) in [6, 6.07) is 19.5. The van der Waals surface area contributed by atoms with E-state index >= 15 is 0 Å². The van der Waals surface area contributed by atoms with Gasteiger partial charge in [-0.15, -0.1) is 0 Å². The van der Waals surface area contributed by atoms with E-state index in [1.54, 1.807) is 0 Å². The minimum Gasteiger partial charge on any atom is -0.396 e. The van der Waals surface area contributed by atoms with E-state index in [-0.39, 0.29) is 0 Å². The van der Waals surface area contributed by atoms with Crippen LogP contribution < -0.4 is 0 Å². The van der Waals surface area contributed by atoms with E-state index in [2.05, 4.69) is 54.6 Å². The van der Waals surface area contributed by atoms with Gasteiger partial charge >= 0.3 is 0 Å². The predicted octanol–water partition coefficient (Wildman–Crippen LogP) is 5.23. The lowest BCUT2D eigenvalue weighted by atomic mass is 10.0. The van der Waals surface area contributed by atoms with Gasteiger partial charge in [-0.05, 0) is 36.0 Å². The number of hydrogen-bond acceptors (Lipinski definition) is 1. The Morgan fingerprint density at radius 2 is 1.14 bits per heavy atom. The molecule has 0 aliphatic carbocycles. The first-order valence-electron chi connectivity index (χ1n) is 8.15. The Balaban J connectivity index is 1.71. The third kappa shape index (κ3) is 5.73. The van der Waals surface area contributed by atoms with Crippen LogP contribution in [-0.4, -0.2) is 11.7 Å². The third-order valence-electron chi connectivity index (χ3n) is 3.93. The molecule has 0 amide bonds. The van der Waals surface area contributed by atoms with E-state index in [9.17, 15) is 0 Å². The molecule has 0 bridgehead atoms. The maximum atomic E-state index is 8.72. The van der Waals surface area contributed by atoms with Gasteiger partial charge in [-0.2, -0.15) is 0 Å². The summed E-state index contributed by atoms with van der Waals surface area (Å²) >= 11 is 0. The fraction of sp³-hybridized carbons (Fsp3) is 0.400. The molecule has 0 aliphatic heterocycles. The highest BCUT2D eigenvalue weighted by Crippen LogP contribution is 2.20. The quantitative estimate of drug-likeness (QED) is 0.624. The Morgan fingerprint density at radius 1 is 0.571 bits per heavy atom. The normalized spacial score (nSPS) is 10.7. The molecule has 0 aromatic heterocycles. The summed E-state index contributed by atoms with van der Waals surface area (Å²) in [7, 11) is 0. The minimum absolute atomic E-state index is 0.341. The summed E-state index contributed by atoms with van der Waals surface area (Å²) in [5.41, 5.74) is 4.02. The van der Waals surface area contributed by atoms with Gasteiger partial charge in [0.05, 0.1) is 0 Å². The second kappa shape index (κ2) is 9.36. The van der Waals surface area contributed by atoms with Crippen LogP contribution in [0, 0.1) is 0 Å². The van der Waals surface area contributed by atoms with Crippen molar-refractivity contribution >= 4 is 0 Å². The smallest absolute Gasteiger partial charge is 0.0431 e. The summed E-state index contributed by atoms with van der Waals surface area (Å²) in [5, 5.41) is 8.72. The van der Waals surface area contributed by atoms with Crippen LogP contribution in [0.2, 0.25) is 0 Å². The lowest BCUT2D eigenvalue weighted by molar-refractivity contribution is 0.282. The number of rotatable bonds is 9. The molecular weight excluding hydrogens is 256 g/mol. The zero-order valence-electron chi connectivity index (χ0n) is 12.8. The molecule has 2 aromatic carbocycles. The lowest BCUT2D eigenvalue weighted by Crippen LogP contribution is -1.88. The molecule has 0 spiro atoms. The molecule has 0 atom stereocenters. The number of aliphatic hydroxyl groups excluding tert-OH is 1. The number of unbranched alkanes of at least 4 members (excludes halogenated alkanes) is 5. The highest BCUT2D eigenvalue weighted by atomic mass is 16.2. The number of aryl methyl sites for hydroxylation is 1. The van der Waals surface area contributed by atoms with Crippen molar-refractivity contribution in [1.82, 2.24) is 0 Å². The Hall–Kier alpha value is -1.60. The molecule has 0 saturated heterocycles. The van der Waals surface area contributed by atoms with Crippen LogP contribution in [0.5, 0.6) is 0 Å². The number of aliphatic hydroxyl groups is 1. The van der Waals surface area contributed by atoms with Gasteiger partial charge < -0.3 is 5.11 Å². The summed E-state index contributed by atoms with van der Waals surface area (Å²) in [5.74, 6) is 0. The molecule has 0 fully saturated rings. The van der Waals surface area contributed by atoms with Crippen molar-refractivity contribution in [2.75, 3.05) is 6.61 Å². The van der Waals surface area contributed by atoms with Crippen LogP contribution in [0.15, 0.2) is 54.6 Å². The maximum absolute atomic E-state index is 8.72. The molecule has 21 heavy (non-hydrogen) atoms. The van der Waals surface area contributed by atoms with Crippen molar-refractivity contribution in [1.29, 1.82) is 0 Å². The van der Waals surface area contributed by atoms with Crippen molar-refractivity contribution in [2.24, 2.45) is 0 Å². The van der Waals surface area contributed by atoms with Crippen molar-refractivity contribution < 1.29 is 5.11 Å². The maximum Gasteiger partial charge on any atom is 0.0431 e. The van der Waals surface area contributed by atoms with E-state index in [1.807, 2.05) is 0 Å². The van der Waals surface area contributed by atoms with Gasteiger partial charge in [0, 0.05) is 6.61 Å². The summed E-state index contributed by atoms with van der Waals surface area (Å²) in [6.07, 6.45) is 8.42. The van der Waals surface area contributed by atoms with Crippen LogP contribution in [0.4, 0.5) is 0 Å². The van der Waals surface area contributed by atoms with E-state index in [0.717, 1.165) is 6.42 Å². The Labute approximate surface area is 128 Å². The SMILES string of the molecule is OCCCCCCCCc1ccc(-c2ccccc2)cc1. The van der Waals surface area contributed by atoms with Crippen LogP contribution >= 0.6 is 0 Å². The molecule has 0 unspecified atom stereocenters. The van der Waals surface area contributed by atoms with Crippen molar-refractivity contribution in [2.45, 2.75) is 44.9 Å². The van der Waals surface area contributed by atoms with Gasteiger partial charge in [-0.25, -0.2) is 0 Å². The zero-order chi connectivity index (χ0) is 14.8. The summed E-state index contributed by atoms with van der Waals surface area (Å²) in [6.45, 7) is 0.341. The first-order chi connectivity index (χ1) is 10.4. The molecule has 2 aromatic rings. The minimum atomic E-state index is 0.341. The molecular formula is C20H26O. The van der Waals surface area contributed by atoms with Crippen molar-refractivity contribution in [3.63, 3.8) is 0 Å². The van der Waals surface area contributed by atoms with Crippen molar-refractivity contribution in [3.05, 3.63) is 60.2 Å². The second-order valence-electron chi connectivity index (χ2n) is 5.66. The van der Waals surface area contributed by atoms with Crippen LogP contribution in [0.1, 0.15) is 44.1 Å². The molecule has 0 saturated carbocycles. The number of hydrogen-bond donors (Lipinski definition) is 1. The summed E-state index contributed by atoms with van der Waals surface area (Å²) < 4.78 is 0. The Bertz CT molecular complexity index is 487. The van der Waals surface area contributed by atoms with Gasteiger partial charge in [-0.1, -0.05) is 80.3 Å². The topological polar surface area (TPSA) is 20.2 Å². The highest BCUT2D eigenvalue weighted by Gasteiger charge is 1.98. The van der Waals surface area contributed by atoms with Crippen LogP contribution in [0.3, 0.4) is 0 Å². The number of benzene rings is 2. The molecule has 2 rings (SSSR count). The van der Waals surface area contributed by atoms with Gasteiger partial charge in [0.25, 0.3) is 0 Å². The van der Waals surface area contributed by atoms with Crippen LogP contribution in [0.25, 0.3) is 11.1 Å². The Kier molecular flexibility index (Phi) is 7.03. The monoisotopic (exact) mass is 282 g/mol. The van der Waals surface area contributed by atoms with Gasteiger partial charge in [-0.3, -0.25) is 0 Å². The molecule has 0 heterocycles. The summed E-state index contributed by atoms with van der Waals surface area (Å²) in [4.78, 5) is 0. The zero-order valence-corrected chi connectivity index (χ0v) is 12.8. The van der Waals surface area contributed by atoms with Gasteiger partial charge in [0.2, 0.25) is 0 Å². The van der Waals surface area contributed by atoms with E-state index < -0.39 is 0 Å². The molecule has 0 aliphatic rings. The van der Waals surface area contributed by atoms with E-state index in [4.69, 9.17) is 5.11 Å². The third-order valence-corrected chi connectivity index (χ3v) is 3.93. The average molecular weight is 282 g/mol. The van der Waals surface area contributed by atoms with Gasteiger partial charge in [0.15, 0.2) is 0 Å².